The van der Waals surface area contributed by atoms with Crippen LogP contribution in [0.1, 0.15) is 44.1 Å². The normalized spacial score (nSPS) is 33.5. The Morgan fingerprint density at radius 1 is 1.30 bits per heavy atom. The van der Waals surface area contributed by atoms with E-state index in [2.05, 4.69) is 12.2 Å². The molecule has 1 saturated heterocycles. The molecule has 3 rings (SSSR count). The topological polar surface area (TPSA) is 46.2 Å². The number of halogens is 1. The molecule has 4 heteroatoms. The molecule has 1 aromatic carbocycles. The Morgan fingerprint density at radius 3 is 2.70 bits per heavy atom. The van der Waals surface area contributed by atoms with Crippen molar-refractivity contribution in [2.45, 2.75) is 38.5 Å². The Morgan fingerprint density at radius 2 is 2.05 bits per heavy atom. The van der Waals surface area contributed by atoms with Crippen LogP contribution >= 0.6 is 0 Å². The highest BCUT2D eigenvalue weighted by molar-refractivity contribution is 6.02. The number of hydrogen-bond donors (Lipinski definition) is 1. The highest BCUT2D eigenvalue weighted by atomic mass is 19.1. The van der Waals surface area contributed by atoms with Crippen LogP contribution in [0.5, 0.6) is 0 Å². The summed E-state index contributed by atoms with van der Waals surface area (Å²) < 4.78 is 14.1. The second kappa shape index (κ2) is 4.69. The zero-order valence-electron chi connectivity index (χ0n) is 11.5. The molecule has 1 spiro atoms. The molecule has 3 nitrogen and oxygen atoms in total. The van der Waals surface area contributed by atoms with E-state index in [1.54, 1.807) is 18.2 Å². The predicted molar refractivity (Wildman–Crippen MR) is 72.4 cm³/mol. The molecule has 0 radical (unpaired) electrons. The fourth-order valence-corrected chi connectivity index (χ4v) is 3.99. The van der Waals surface area contributed by atoms with E-state index in [1.165, 1.54) is 6.07 Å². The number of amides is 2. The lowest BCUT2D eigenvalue weighted by Crippen LogP contribution is -2.50. The van der Waals surface area contributed by atoms with Gasteiger partial charge in [-0.1, -0.05) is 31.5 Å². The van der Waals surface area contributed by atoms with E-state index < -0.39 is 11.3 Å². The fourth-order valence-electron chi connectivity index (χ4n) is 3.99. The monoisotopic (exact) mass is 275 g/mol. The van der Waals surface area contributed by atoms with Gasteiger partial charge in [-0.05, 0) is 30.2 Å². The molecule has 3 atom stereocenters. The van der Waals surface area contributed by atoms with Gasteiger partial charge < -0.3 is 0 Å². The molecule has 2 aliphatic rings. The summed E-state index contributed by atoms with van der Waals surface area (Å²) in [6.45, 7) is 2.13. The summed E-state index contributed by atoms with van der Waals surface area (Å²) in [5.74, 6) is -1.01. The van der Waals surface area contributed by atoms with E-state index in [-0.39, 0.29) is 17.6 Å². The highest BCUT2D eigenvalue weighted by Crippen LogP contribution is 2.55. The molecular formula is C16H18FNO2. The molecule has 0 bridgehead atoms. The van der Waals surface area contributed by atoms with Crippen molar-refractivity contribution in [1.82, 2.24) is 5.32 Å². The second-order valence-electron chi connectivity index (χ2n) is 6.25. The van der Waals surface area contributed by atoms with Gasteiger partial charge in [0.25, 0.3) is 0 Å². The number of nitrogens with one attached hydrogen (secondary N) is 1. The molecule has 3 unspecified atom stereocenters. The number of benzene rings is 1. The summed E-state index contributed by atoms with van der Waals surface area (Å²) in [6.07, 6.45) is 2.94. The molecule has 1 aromatic rings. The van der Waals surface area contributed by atoms with Crippen LogP contribution < -0.4 is 5.32 Å². The Kier molecular flexibility index (Phi) is 3.11. The zero-order valence-corrected chi connectivity index (χ0v) is 11.5. The number of hydrogen-bond acceptors (Lipinski definition) is 2. The van der Waals surface area contributed by atoms with E-state index in [0.29, 0.717) is 17.9 Å². The van der Waals surface area contributed by atoms with Crippen molar-refractivity contribution in [2.24, 2.45) is 11.3 Å². The van der Waals surface area contributed by atoms with Crippen LogP contribution in [0.15, 0.2) is 24.3 Å². The quantitative estimate of drug-likeness (QED) is 0.801. The van der Waals surface area contributed by atoms with Crippen molar-refractivity contribution in [1.29, 1.82) is 0 Å². The van der Waals surface area contributed by atoms with E-state index in [1.807, 2.05) is 0 Å². The van der Waals surface area contributed by atoms with Crippen LogP contribution in [-0.2, 0) is 9.59 Å². The number of carbonyl (C=O) groups is 2. The van der Waals surface area contributed by atoms with Gasteiger partial charge >= 0.3 is 0 Å². The standard InChI is InChI=1S/C16H18FNO2/c1-10-6-7-16(8-10)9-13(19)18-15(20)14(16)11-4-2-3-5-12(11)17/h2-5,10,14H,6-9H2,1H3,(H,18,19,20). The molecule has 2 amide bonds. The minimum absolute atomic E-state index is 0.225. The first-order chi connectivity index (χ1) is 9.52. The van der Waals surface area contributed by atoms with E-state index in [4.69, 9.17) is 0 Å². The van der Waals surface area contributed by atoms with Crippen LogP contribution in [0.2, 0.25) is 0 Å². The van der Waals surface area contributed by atoms with Gasteiger partial charge in [-0.3, -0.25) is 14.9 Å². The maximum absolute atomic E-state index is 14.1. The van der Waals surface area contributed by atoms with Gasteiger partial charge in [-0.25, -0.2) is 4.39 Å². The van der Waals surface area contributed by atoms with Crippen molar-refractivity contribution in [3.8, 4) is 0 Å². The smallest absolute Gasteiger partial charge is 0.234 e. The van der Waals surface area contributed by atoms with Gasteiger partial charge in [-0.2, -0.15) is 0 Å². The van der Waals surface area contributed by atoms with Crippen LogP contribution in [-0.4, -0.2) is 11.8 Å². The molecule has 106 valence electrons. The third-order valence-corrected chi connectivity index (χ3v) is 4.76. The van der Waals surface area contributed by atoms with Gasteiger partial charge in [0.15, 0.2) is 0 Å². The first-order valence-electron chi connectivity index (χ1n) is 7.10. The maximum Gasteiger partial charge on any atom is 0.234 e. The summed E-state index contributed by atoms with van der Waals surface area (Å²) in [6, 6.07) is 6.41. The number of piperidine rings is 1. The lowest BCUT2D eigenvalue weighted by molar-refractivity contribution is -0.140. The van der Waals surface area contributed by atoms with Gasteiger partial charge in [0.2, 0.25) is 11.8 Å². The third kappa shape index (κ3) is 2.03. The zero-order chi connectivity index (χ0) is 14.3. The number of imide groups is 1. The molecule has 1 aliphatic carbocycles. The third-order valence-electron chi connectivity index (χ3n) is 4.76. The first kappa shape index (κ1) is 13.3. The highest BCUT2D eigenvalue weighted by Gasteiger charge is 2.52. The van der Waals surface area contributed by atoms with Crippen LogP contribution in [0.25, 0.3) is 0 Å². The Balaban J connectivity index is 2.07. The van der Waals surface area contributed by atoms with Gasteiger partial charge in [0, 0.05) is 12.0 Å². The van der Waals surface area contributed by atoms with E-state index >= 15 is 0 Å². The van der Waals surface area contributed by atoms with Crippen molar-refractivity contribution in [3.05, 3.63) is 35.6 Å². The van der Waals surface area contributed by atoms with E-state index in [9.17, 15) is 14.0 Å². The molecule has 1 aliphatic heterocycles. The Bertz CT molecular complexity index is 571. The summed E-state index contributed by atoms with van der Waals surface area (Å²) in [4.78, 5) is 24.1. The first-order valence-corrected chi connectivity index (χ1v) is 7.10. The molecule has 1 saturated carbocycles. The Labute approximate surface area is 117 Å². The largest absolute Gasteiger partial charge is 0.296 e. The average molecular weight is 275 g/mol. The molecule has 1 heterocycles. The lowest BCUT2D eigenvalue weighted by atomic mass is 9.65. The minimum Gasteiger partial charge on any atom is -0.296 e. The van der Waals surface area contributed by atoms with Gasteiger partial charge in [-0.15, -0.1) is 0 Å². The summed E-state index contributed by atoms with van der Waals surface area (Å²) >= 11 is 0. The SMILES string of the molecule is CC1CCC2(CC(=O)NC(=O)C2c2ccccc2F)C1. The summed E-state index contributed by atoms with van der Waals surface area (Å²) in [5.41, 5.74) is 0.0210. The Hall–Kier alpha value is -1.71. The summed E-state index contributed by atoms with van der Waals surface area (Å²) in [7, 11) is 0. The van der Waals surface area contributed by atoms with Crippen molar-refractivity contribution in [3.63, 3.8) is 0 Å². The van der Waals surface area contributed by atoms with Crippen molar-refractivity contribution < 1.29 is 14.0 Å². The number of carbonyl (C=O) groups excluding carboxylic acids is 2. The van der Waals surface area contributed by atoms with Crippen LogP contribution in [0.4, 0.5) is 4.39 Å². The van der Waals surface area contributed by atoms with E-state index in [0.717, 1.165) is 19.3 Å². The maximum atomic E-state index is 14.1. The molecule has 20 heavy (non-hydrogen) atoms. The molecule has 2 fully saturated rings. The minimum atomic E-state index is -0.550. The second-order valence-corrected chi connectivity index (χ2v) is 6.25. The molecule has 0 aromatic heterocycles. The van der Waals surface area contributed by atoms with Gasteiger partial charge in [0.1, 0.15) is 5.82 Å². The summed E-state index contributed by atoms with van der Waals surface area (Å²) in [5, 5.41) is 2.38. The number of rotatable bonds is 1. The van der Waals surface area contributed by atoms with Crippen LogP contribution in [0.3, 0.4) is 0 Å². The van der Waals surface area contributed by atoms with Crippen LogP contribution in [0, 0.1) is 17.2 Å². The lowest BCUT2D eigenvalue weighted by Gasteiger charge is -2.40. The molecule has 1 N–H and O–H groups in total. The molecular weight excluding hydrogens is 257 g/mol. The van der Waals surface area contributed by atoms with Crippen molar-refractivity contribution >= 4 is 11.8 Å². The average Bonchev–Trinajstić information content (AvgIpc) is 2.72. The van der Waals surface area contributed by atoms with Crippen molar-refractivity contribution in [2.75, 3.05) is 0 Å². The fraction of sp³-hybridized carbons (Fsp3) is 0.500. The van der Waals surface area contributed by atoms with Gasteiger partial charge in [0.05, 0.1) is 5.92 Å². The predicted octanol–water partition coefficient (Wildman–Crippen LogP) is 2.76.